The number of esters is 1. The van der Waals surface area contributed by atoms with Gasteiger partial charge in [0.05, 0.1) is 12.9 Å². The molecule has 0 aromatic carbocycles. The maximum absolute atomic E-state index is 13.4. The molecule has 0 heterocycles. The van der Waals surface area contributed by atoms with E-state index in [1.165, 1.54) is 26.4 Å². The zero-order chi connectivity index (χ0) is 25.2. The van der Waals surface area contributed by atoms with Gasteiger partial charge in [0, 0.05) is 31.1 Å². The van der Waals surface area contributed by atoms with Crippen molar-refractivity contribution in [2.24, 2.45) is 17.3 Å². The van der Waals surface area contributed by atoms with Crippen molar-refractivity contribution in [1.29, 1.82) is 0 Å². The summed E-state index contributed by atoms with van der Waals surface area (Å²) >= 11 is 0. The molecule has 3 unspecified atom stereocenters. The first-order valence-electron chi connectivity index (χ1n) is 11.1. The van der Waals surface area contributed by atoms with Crippen LogP contribution >= 0.6 is 0 Å². The fraction of sp³-hybridized carbons (Fsp3) is 0.577. The van der Waals surface area contributed by atoms with Crippen LogP contribution in [0.2, 0.25) is 0 Å². The second-order valence-electron chi connectivity index (χ2n) is 9.71. The van der Waals surface area contributed by atoms with Crippen molar-refractivity contribution in [3.8, 4) is 0 Å². The lowest BCUT2D eigenvalue weighted by atomic mass is 9.66. The molecule has 1 aliphatic rings. The van der Waals surface area contributed by atoms with Gasteiger partial charge in [0.2, 0.25) is 0 Å². The number of rotatable bonds is 11. The van der Waals surface area contributed by atoms with E-state index in [-0.39, 0.29) is 30.5 Å². The van der Waals surface area contributed by atoms with Crippen molar-refractivity contribution in [2.45, 2.75) is 66.4 Å². The average Bonchev–Trinajstić information content (AvgIpc) is 2.79. The van der Waals surface area contributed by atoms with Gasteiger partial charge in [0.25, 0.3) is 0 Å². The minimum atomic E-state index is -0.863. The van der Waals surface area contributed by atoms with Crippen LogP contribution in [0.3, 0.4) is 0 Å². The number of allylic oxidation sites excluding steroid dienone is 4. The number of hydrogen-bond donors (Lipinski definition) is 1. The van der Waals surface area contributed by atoms with Crippen LogP contribution in [-0.2, 0) is 28.7 Å². The van der Waals surface area contributed by atoms with Crippen molar-refractivity contribution >= 4 is 17.5 Å². The maximum Gasteiger partial charge on any atom is 0.335 e. The molecular formula is C26H38O7. The van der Waals surface area contributed by atoms with Gasteiger partial charge in [-0.2, -0.15) is 0 Å². The van der Waals surface area contributed by atoms with Crippen molar-refractivity contribution in [3.63, 3.8) is 0 Å². The summed E-state index contributed by atoms with van der Waals surface area (Å²) in [5, 5.41) is 9.07. The fourth-order valence-corrected chi connectivity index (χ4v) is 3.98. The Kier molecular flexibility index (Phi) is 11.1. The minimum Gasteiger partial charge on any atom is -0.432 e. The SMILES string of the molecule is COCC1=CCC(C)(CC=CC(C)(C)OO)C(C=COC(=O)C=C(C)C)C(CC(C)=O)C1=O. The highest BCUT2D eigenvalue weighted by molar-refractivity contribution is 6.00. The fourth-order valence-electron chi connectivity index (χ4n) is 3.98. The molecule has 0 saturated carbocycles. The summed E-state index contributed by atoms with van der Waals surface area (Å²) < 4.78 is 10.5. The highest BCUT2D eigenvalue weighted by Crippen LogP contribution is 2.46. The summed E-state index contributed by atoms with van der Waals surface area (Å²) in [5.41, 5.74) is 0.00466. The molecule has 1 rings (SSSR count). The molecular weight excluding hydrogens is 424 g/mol. The molecule has 0 saturated heterocycles. The zero-order valence-electron chi connectivity index (χ0n) is 20.8. The van der Waals surface area contributed by atoms with Gasteiger partial charge in [-0.05, 0) is 64.9 Å². The van der Waals surface area contributed by atoms with E-state index in [1.54, 1.807) is 39.8 Å². The Labute approximate surface area is 197 Å². The molecule has 0 bridgehead atoms. The van der Waals surface area contributed by atoms with E-state index < -0.39 is 22.9 Å². The summed E-state index contributed by atoms with van der Waals surface area (Å²) in [5.74, 6) is -1.74. The van der Waals surface area contributed by atoms with E-state index in [0.717, 1.165) is 5.57 Å². The highest BCUT2D eigenvalue weighted by atomic mass is 17.1. The van der Waals surface area contributed by atoms with Crippen LogP contribution in [0, 0.1) is 17.3 Å². The Morgan fingerprint density at radius 2 is 1.94 bits per heavy atom. The van der Waals surface area contributed by atoms with Gasteiger partial charge < -0.3 is 14.3 Å². The average molecular weight is 463 g/mol. The van der Waals surface area contributed by atoms with Crippen LogP contribution in [0.4, 0.5) is 0 Å². The van der Waals surface area contributed by atoms with Crippen LogP contribution in [0.5, 0.6) is 0 Å². The smallest absolute Gasteiger partial charge is 0.335 e. The van der Waals surface area contributed by atoms with E-state index in [9.17, 15) is 14.4 Å². The zero-order valence-corrected chi connectivity index (χ0v) is 20.8. The van der Waals surface area contributed by atoms with Gasteiger partial charge in [0.15, 0.2) is 5.78 Å². The van der Waals surface area contributed by atoms with Crippen molar-refractivity contribution in [1.82, 2.24) is 0 Å². The van der Waals surface area contributed by atoms with E-state index in [2.05, 4.69) is 4.89 Å². The Balaban J connectivity index is 3.42. The third kappa shape index (κ3) is 9.20. The number of carbonyl (C=O) groups is 3. The molecule has 1 aliphatic carbocycles. The normalized spacial score (nSPS) is 24.0. The van der Waals surface area contributed by atoms with Crippen LogP contribution in [0.1, 0.15) is 60.8 Å². The minimum absolute atomic E-state index is 0.0708. The Morgan fingerprint density at radius 1 is 1.27 bits per heavy atom. The van der Waals surface area contributed by atoms with Gasteiger partial charge in [-0.3, -0.25) is 10.1 Å². The number of ketones is 2. The van der Waals surface area contributed by atoms with Crippen molar-refractivity contribution < 1.29 is 34.0 Å². The quantitative estimate of drug-likeness (QED) is 0.115. The molecule has 0 radical (unpaired) electrons. The van der Waals surface area contributed by atoms with Gasteiger partial charge in [-0.15, -0.1) is 0 Å². The molecule has 0 aromatic heterocycles. The van der Waals surface area contributed by atoms with Crippen LogP contribution in [0.25, 0.3) is 0 Å². The topological polar surface area (TPSA) is 99.1 Å². The summed E-state index contributed by atoms with van der Waals surface area (Å²) in [6, 6.07) is 0. The van der Waals surface area contributed by atoms with Crippen LogP contribution < -0.4 is 0 Å². The first-order chi connectivity index (χ1) is 15.3. The first-order valence-corrected chi connectivity index (χ1v) is 11.1. The summed E-state index contributed by atoms with van der Waals surface area (Å²) in [6.45, 7) is 10.7. The number of ether oxygens (including phenoxy) is 2. The van der Waals surface area contributed by atoms with Gasteiger partial charge in [-0.1, -0.05) is 30.7 Å². The molecule has 33 heavy (non-hydrogen) atoms. The highest BCUT2D eigenvalue weighted by Gasteiger charge is 2.43. The largest absolute Gasteiger partial charge is 0.432 e. The summed E-state index contributed by atoms with van der Waals surface area (Å²) in [4.78, 5) is 41.9. The number of Topliss-reactive ketones (excluding diaryl/α,β-unsaturated/α-hetero) is 2. The predicted molar refractivity (Wildman–Crippen MR) is 126 cm³/mol. The molecule has 0 spiro atoms. The van der Waals surface area contributed by atoms with Crippen molar-refractivity contribution in [2.75, 3.05) is 13.7 Å². The van der Waals surface area contributed by atoms with E-state index >= 15 is 0 Å². The van der Waals surface area contributed by atoms with E-state index in [0.29, 0.717) is 18.4 Å². The lowest BCUT2D eigenvalue weighted by molar-refractivity contribution is -0.297. The Bertz CT molecular complexity index is 828. The van der Waals surface area contributed by atoms with Crippen molar-refractivity contribution in [3.05, 3.63) is 47.8 Å². The second-order valence-corrected chi connectivity index (χ2v) is 9.71. The lowest BCUT2D eigenvalue weighted by Crippen LogP contribution is -2.35. The van der Waals surface area contributed by atoms with Crippen LogP contribution in [-0.4, -0.2) is 42.1 Å². The summed E-state index contributed by atoms with van der Waals surface area (Å²) in [7, 11) is 1.53. The first kappa shape index (κ1) is 28.7. The molecule has 0 aromatic rings. The Morgan fingerprint density at radius 3 is 2.48 bits per heavy atom. The number of methoxy groups -OCH3 is 1. The molecule has 7 nitrogen and oxygen atoms in total. The van der Waals surface area contributed by atoms with Crippen LogP contribution in [0.15, 0.2) is 47.8 Å². The lowest BCUT2D eigenvalue weighted by Gasteiger charge is -2.37. The standard InChI is InChI=1S/C26H38O7/c1-18(2)15-23(28)32-14-10-22-21(16-19(3)27)24(29)20(17-31-7)9-13-26(22,6)12-8-11-25(4,5)33-30/h8-11,14-15,21-22,30H,12-13,16-17H2,1-7H3. The number of hydrogen-bond acceptors (Lipinski definition) is 7. The molecule has 3 atom stereocenters. The van der Waals surface area contributed by atoms with E-state index in [4.69, 9.17) is 14.7 Å². The second kappa shape index (κ2) is 12.8. The molecule has 0 aliphatic heterocycles. The third-order valence-electron chi connectivity index (χ3n) is 5.73. The molecule has 1 N–H and O–H groups in total. The molecule has 0 fully saturated rings. The monoisotopic (exact) mass is 462 g/mol. The Hall–Kier alpha value is -2.35. The van der Waals surface area contributed by atoms with Gasteiger partial charge >= 0.3 is 5.97 Å². The molecule has 184 valence electrons. The number of carbonyl (C=O) groups excluding carboxylic acids is 3. The summed E-state index contributed by atoms with van der Waals surface area (Å²) in [6.07, 6.45) is 11.1. The van der Waals surface area contributed by atoms with Gasteiger partial charge in [0.1, 0.15) is 11.4 Å². The van der Waals surface area contributed by atoms with Gasteiger partial charge in [-0.25, -0.2) is 9.68 Å². The maximum atomic E-state index is 13.4. The third-order valence-corrected chi connectivity index (χ3v) is 5.73. The van der Waals surface area contributed by atoms with E-state index in [1.807, 2.05) is 19.1 Å². The molecule has 7 heteroatoms. The predicted octanol–water partition coefficient (Wildman–Crippen LogP) is 4.99. The molecule has 0 amide bonds.